The average Bonchev–Trinajstić information content (AvgIpc) is 3.17. The zero-order valence-electron chi connectivity index (χ0n) is 14.2. The summed E-state index contributed by atoms with van der Waals surface area (Å²) < 4.78 is 0. The van der Waals surface area contributed by atoms with E-state index in [4.69, 9.17) is 0 Å². The van der Waals surface area contributed by atoms with Gasteiger partial charge in [0.2, 0.25) is 0 Å². The summed E-state index contributed by atoms with van der Waals surface area (Å²) >= 11 is 1.41. The van der Waals surface area contributed by atoms with Gasteiger partial charge in [0, 0.05) is 43.4 Å². The SMILES string of the molecule is O=C(c1csc(Nc2ccccn2)n1)N1CCN(c2ccccc2)CC1. The number of aromatic nitrogens is 2. The Hall–Kier alpha value is -2.93. The second kappa shape index (κ2) is 7.53. The Bertz CT molecular complexity index is 860. The van der Waals surface area contributed by atoms with E-state index in [2.05, 4.69) is 32.3 Å². The van der Waals surface area contributed by atoms with E-state index in [1.54, 1.807) is 11.6 Å². The number of hydrogen-bond donors (Lipinski definition) is 1. The molecule has 2 aromatic heterocycles. The van der Waals surface area contributed by atoms with Crippen LogP contribution in [0.15, 0.2) is 60.1 Å². The molecule has 1 aromatic carbocycles. The molecule has 0 spiro atoms. The van der Waals surface area contributed by atoms with Crippen molar-refractivity contribution >= 4 is 33.9 Å². The standard InChI is InChI=1S/C19H19N5OS/c25-18(16-14-26-19(21-16)22-17-8-4-5-9-20-17)24-12-10-23(11-13-24)15-6-2-1-3-7-15/h1-9,14H,10-13H2,(H,20,21,22). The van der Waals surface area contributed by atoms with Crippen molar-refractivity contribution in [3.63, 3.8) is 0 Å². The van der Waals surface area contributed by atoms with Crippen LogP contribution in [0.3, 0.4) is 0 Å². The third-order valence-corrected chi connectivity index (χ3v) is 5.07. The Kier molecular flexibility index (Phi) is 4.79. The van der Waals surface area contributed by atoms with Crippen molar-refractivity contribution in [1.82, 2.24) is 14.9 Å². The molecule has 1 saturated heterocycles. The van der Waals surface area contributed by atoms with Crippen LogP contribution in [0.2, 0.25) is 0 Å². The first-order chi connectivity index (χ1) is 12.8. The fourth-order valence-corrected chi connectivity index (χ4v) is 3.64. The molecule has 4 rings (SSSR count). The normalized spacial score (nSPS) is 14.3. The van der Waals surface area contributed by atoms with Crippen molar-refractivity contribution in [2.45, 2.75) is 0 Å². The number of nitrogens with one attached hydrogen (secondary N) is 1. The van der Waals surface area contributed by atoms with Crippen LogP contribution in [0.1, 0.15) is 10.5 Å². The van der Waals surface area contributed by atoms with Crippen LogP contribution in [0.25, 0.3) is 0 Å². The van der Waals surface area contributed by atoms with Gasteiger partial charge in [0.1, 0.15) is 11.5 Å². The number of carbonyl (C=O) groups is 1. The van der Waals surface area contributed by atoms with E-state index >= 15 is 0 Å². The summed E-state index contributed by atoms with van der Waals surface area (Å²) in [6.45, 7) is 3.07. The Balaban J connectivity index is 1.37. The van der Waals surface area contributed by atoms with E-state index < -0.39 is 0 Å². The molecule has 0 aliphatic carbocycles. The molecule has 7 heteroatoms. The summed E-state index contributed by atoms with van der Waals surface area (Å²) in [4.78, 5) is 25.5. The van der Waals surface area contributed by atoms with Crippen molar-refractivity contribution in [1.29, 1.82) is 0 Å². The number of amides is 1. The lowest BCUT2D eigenvalue weighted by molar-refractivity contribution is 0.0742. The number of carbonyl (C=O) groups excluding carboxylic acids is 1. The molecule has 26 heavy (non-hydrogen) atoms. The summed E-state index contributed by atoms with van der Waals surface area (Å²) in [6.07, 6.45) is 1.72. The van der Waals surface area contributed by atoms with E-state index in [0.717, 1.165) is 18.9 Å². The molecule has 1 amide bonds. The highest BCUT2D eigenvalue weighted by Gasteiger charge is 2.24. The van der Waals surface area contributed by atoms with Crippen LogP contribution in [0, 0.1) is 0 Å². The topological polar surface area (TPSA) is 61.4 Å². The number of thiazole rings is 1. The number of nitrogens with zero attached hydrogens (tertiary/aromatic N) is 4. The summed E-state index contributed by atoms with van der Waals surface area (Å²) in [5, 5.41) is 5.61. The van der Waals surface area contributed by atoms with Gasteiger partial charge in [0.15, 0.2) is 5.13 Å². The van der Waals surface area contributed by atoms with E-state index in [1.165, 1.54) is 17.0 Å². The van der Waals surface area contributed by atoms with Crippen molar-refractivity contribution in [3.05, 3.63) is 65.8 Å². The minimum Gasteiger partial charge on any atom is -0.368 e. The highest BCUT2D eigenvalue weighted by atomic mass is 32.1. The van der Waals surface area contributed by atoms with Crippen molar-refractivity contribution < 1.29 is 4.79 Å². The van der Waals surface area contributed by atoms with Gasteiger partial charge in [-0.25, -0.2) is 9.97 Å². The highest BCUT2D eigenvalue weighted by Crippen LogP contribution is 2.21. The lowest BCUT2D eigenvalue weighted by Gasteiger charge is -2.35. The number of rotatable bonds is 4. The summed E-state index contributed by atoms with van der Waals surface area (Å²) in [6, 6.07) is 15.9. The molecule has 0 radical (unpaired) electrons. The smallest absolute Gasteiger partial charge is 0.273 e. The van der Waals surface area contributed by atoms with Crippen molar-refractivity contribution in [3.8, 4) is 0 Å². The predicted octanol–water partition coefficient (Wildman–Crippen LogP) is 3.24. The molecule has 1 fully saturated rings. The highest BCUT2D eigenvalue weighted by molar-refractivity contribution is 7.14. The maximum Gasteiger partial charge on any atom is 0.273 e. The molecule has 0 bridgehead atoms. The van der Waals surface area contributed by atoms with Gasteiger partial charge in [0.25, 0.3) is 5.91 Å². The molecule has 3 aromatic rings. The third kappa shape index (κ3) is 3.67. The van der Waals surface area contributed by atoms with Gasteiger partial charge in [-0.15, -0.1) is 11.3 Å². The number of hydrogen-bond acceptors (Lipinski definition) is 6. The van der Waals surface area contributed by atoms with Crippen LogP contribution in [0.5, 0.6) is 0 Å². The molecule has 1 N–H and O–H groups in total. The van der Waals surface area contributed by atoms with Gasteiger partial charge in [-0.05, 0) is 24.3 Å². The molecular formula is C19H19N5OS. The van der Waals surface area contributed by atoms with E-state index in [9.17, 15) is 4.79 Å². The molecule has 0 atom stereocenters. The second-order valence-corrected chi connectivity index (χ2v) is 6.85. The van der Waals surface area contributed by atoms with Crippen LogP contribution in [0.4, 0.5) is 16.6 Å². The minimum absolute atomic E-state index is 0.0111. The summed E-state index contributed by atoms with van der Waals surface area (Å²) in [5.74, 6) is 0.709. The number of benzene rings is 1. The lowest BCUT2D eigenvalue weighted by atomic mass is 10.2. The van der Waals surface area contributed by atoms with E-state index in [1.807, 2.05) is 41.3 Å². The van der Waals surface area contributed by atoms with Gasteiger partial charge in [-0.1, -0.05) is 24.3 Å². The van der Waals surface area contributed by atoms with Gasteiger partial charge < -0.3 is 15.1 Å². The molecule has 1 aliphatic heterocycles. The van der Waals surface area contributed by atoms with Crippen LogP contribution in [-0.4, -0.2) is 47.0 Å². The molecule has 132 valence electrons. The zero-order chi connectivity index (χ0) is 17.8. The fraction of sp³-hybridized carbons (Fsp3) is 0.211. The number of pyridine rings is 1. The largest absolute Gasteiger partial charge is 0.368 e. The van der Waals surface area contributed by atoms with Crippen molar-refractivity contribution in [2.75, 3.05) is 36.4 Å². The zero-order valence-corrected chi connectivity index (χ0v) is 15.0. The van der Waals surface area contributed by atoms with Crippen LogP contribution < -0.4 is 10.2 Å². The Morgan fingerprint density at radius 1 is 1.00 bits per heavy atom. The summed E-state index contributed by atoms with van der Waals surface area (Å²) in [7, 11) is 0. The predicted molar refractivity (Wildman–Crippen MR) is 104 cm³/mol. The first-order valence-electron chi connectivity index (χ1n) is 8.52. The van der Waals surface area contributed by atoms with Gasteiger partial charge in [0.05, 0.1) is 0 Å². The number of piperazine rings is 1. The molecule has 3 heterocycles. The first kappa shape index (κ1) is 16.5. The fourth-order valence-electron chi connectivity index (χ4n) is 2.94. The van der Waals surface area contributed by atoms with E-state index in [0.29, 0.717) is 23.9 Å². The maximum absolute atomic E-state index is 12.7. The van der Waals surface area contributed by atoms with Gasteiger partial charge in [-0.3, -0.25) is 4.79 Å². The molecular weight excluding hydrogens is 346 g/mol. The monoisotopic (exact) mass is 365 g/mol. The van der Waals surface area contributed by atoms with Gasteiger partial charge in [-0.2, -0.15) is 0 Å². The Morgan fingerprint density at radius 2 is 1.77 bits per heavy atom. The quantitative estimate of drug-likeness (QED) is 0.769. The third-order valence-electron chi connectivity index (χ3n) is 4.31. The first-order valence-corrected chi connectivity index (χ1v) is 9.40. The average molecular weight is 365 g/mol. The van der Waals surface area contributed by atoms with Crippen molar-refractivity contribution in [2.24, 2.45) is 0 Å². The summed E-state index contributed by atoms with van der Waals surface area (Å²) in [5.41, 5.74) is 1.69. The van der Waals surface area contributed by atoms with Crippen LogP contribution in [-0.2, 0) is 0 Å². The Morgan fingerprint density at radius 3 is 2.50 bits per heavy atom. The number of anilines is 3. The van der Waals surface area contributed by atoms with E-state index in [-0.39, 0.29) is 5.91 Å². The molecule has 6 nitrogen and oxygen atoms in total. The second-order valence-electron chi connectivity index (χ2n) is 5.99. The van der Waals surface area contributed by atoms with Crippen LogP contribution >= 0.6 is 11.3 Å². The molecule has 0 unspecified atom stereocenters. The molecule has 0 saturated carbocycles. The maximum atomic E-state index is 12.7. The minimum atomic E-state index is -0.0111. The lowest BCUT2D eigenvalue weighted by Crippen LogP contribution is -2.48. The number of para-hydroxylation sites is 1. The molecule has 1 aliphatic rings. The Labute approximate surface area is 156 Å². The van der Waals surface area contributed by atoms with Gasteiger partial charge >= 0.3 is 0 Å².